The standard InChI is InChI=1S/C12H27O4P.Li/c1-4-7-10-14-17(13,15-11-8-5-2)16-12-9-6-3;/h4-12H2,1-3H3;. The first-order valence-corrected chi connectivity index (χ1v) is 8.18. The molecule has 0 spiro atoms. The molecule has 0 bridgehead atoms. The Labute approximate surface area is 124 Å². The van der Waals surface area contributed by atoms with Crippen LogP contribution in [0.15, 0.2) is 0 Å². The van der Waals surface area contributed by atoms with Crippen molar-refractivity contribution in [3.05, 3.63) is 0 Å². The van der Waals surface area contributed by atoms with Gasteiger partial charge in [0.25, 0.3) is 0 Å². The van der Waals surface area contributed by atoms with E-state index in [4.69, 9.17) is 13.6 Å². The van der Waals surface area contributed by atoms with Crippen molar-refractivity contribution < 1.29 is 18.1 Å². The smallest absolute Gasteiger partial charge is 0.287 e. The summed E-state index contributed by atoms with van der Waals surface area (Å²) >= 11 is 0. The summed E-state index contributed by atoms with van der Waals surface area (Å²) in [5.74, 6) is 0. The molecule has 0 aromatic heterocycles. The van der Waals surface area contributed by atoms with Crippen LogP contribution >= 0.6 is 7.82 Å². The van der Waals surface area contributed by atoms with Crippen LogP contribution in [-0.2, 0) is 18.1 Å². The first-order valence-electron chi connectivity index (χ1n) is 6.72. The second-order valence-electron chi connectivity index (χ2n) is 4.01. The van der Waals surface area contributed by atoms with Gasteiger partial charge in [0.1, 0.15) is 0 Å². The maximum absolute atomic E-state index is 12.2. The fourth-order valence-electron chi connectivity index (χ4n) is 1.07. The van der Waals surface area contributed by atoms with E-state index in [9.17, 15) is 4.57 Å². The maximum Gasteiger partial charge on any atom is 0.474 e. The topological polar surface area (TPSA) is 44.8 Å². The third-order valence-corrected chi connectivity index (χ3v) is 3.74. The van der Waals surface area contributed by atoms with Crippen molar-refractivity contribution in [2.45, 2.75) is 59.3 Å². The first kappa shape index (κ1) is 21.0. The summed E-state index contributed by atoms with van der Waals surface area (Å²) in [6.45, 7) is 7.49. The predicted octanol–water partition coefficient (Wildman–Crippen LogP) is 4.16. The zero-order valence-electron chi connectivity index (χ0n) is 12.4. The van der Waals surface area contributed by atoms with Crippen LogP contribution < -0.4 is 0 Å². The summed E-state index contributed by atoms with van der Waals surface area (Å²) in [7, 11) is -3.31. The molecule has 0 aliphatic carbocycles. The van der Waals surface area contributed by atoms with Crippen molar-refractivity contribution in [1.29, 1.82) is 0 Å². The number of hydrogen-bond acceptors (Lipinski definition) is 4. The fourth-order valence-corrected chi connectivity index (χ4v) is 2.36. The van der Waals surface area contributed by atoms with Crippen LogP contribution in [-0.4, -0.2) is 38.7 Å². The van der Waals surface area contributed by atoms with Crippen LogP contribution in [0.2, 0.25) is 0 Å². The molecule has 18 heavy (non-hydrogen) atoms. The van der Waals surface area contributed by atoms with Gasteiger partial charge in [-0.05, 0) is 19.3 Å². The zero-order chi connectivity index (χ0) is 13.0. The minimum Gasteiger partial charge on any atom is -0.287 e. The summed E-state index contributed by atoms with van der Waals surface area (Å²) < 4.78 is 28.0. The largest absolute Gasteiger partial charge is 0.474 e. The van der Waals surface area contributed by atoms with Gasteiger partial charge in [-0.15, -0.1) is 0 Å². The SMILES string of the molecule is CCCCOP(=O)(OCCCC)OCCCC.[Li]. The number of rotatable bonds is 12. The second-order valence-corrected chi connectivity index (χ2v) is 5.68. The third-order valence-electron chi connectivity index (χ3n) is 2.24. The molecular formula is C12H27LiO4P. The number of unbranched alkanes of at least 4 members (excludes halogenated alkanes) is 3. The number of phosphoric ester groups is 1. The molecule has 0 aromatic rings. The average molecular weight is 273 g/mol. The molecule has 0 aliphatic rings. The molecule has 0 aromatic carbocycles. The van der Waals surface area contributed by atoms with Crippen molar-refractivity contribution >= 4 is 26.7 Å². The van der Waals surface area contributed by atoms with Gasteiger partial charge in [-0.25, -0.2) is 4.57 Å². The van der Waals surface area contributed by atoms with Gasteiger partial charge in [-0.2, -0.15) is 0 Å². The molecule has 0 saturated carbocycles. The van der Waals surface area contributed by atoms with Crippen molar-refractivity contribution in [3.63, 3.8) is 0 Å². The van der Waals surface area contributed by atoms with Crippen LogP contribution in [0, 0.1) is 0 Å². The Morgan fingerprint density at radius 1 is 0.722 bits per heavy atom. The Bertz CT molecular complexity index is 181. The summed E-state index contributed by atoms with van der Waals surface area (Å²) in [5.41, 5.74) is 0. The molecule has 0 rings (SSSR count). The first-order chi connectivity index (χ1) is 8.18. The summed E-state index contributed by atoms with van der Waals surface area (Å²) in [5, 5.41) is 0. The van der Waals surface area contributed by atoms with Gasteiger partial charge in [-0.3, -0.25) is 13.6 Å². The molecule has 0 unspecified atom stereocenters. The molecule has 4 nitrogen and oxygen atoms in total. The minimum atomic E-state index is -3.31. The molecule has 105 valence electrons. The van der Waals surface area contributed by atoms with E-state index in [1.54, 1.807) is 0 Å². The Morgan fingerprint density at radius 3 is 1.22 bits per heavy atom. The van der Waals surface area contributed by atoms with Crippen molar-refractivity contribution in [2.24, 2.45) is 0 Å². The van der Waals surface area contributed by atoms with Crippen molar-refractivity contribution in [2.75, 3.05) is 19.8 Å². The van der Waals surface area contributed by atoms with Gasteiger partial charge in [-0.1, -0.05) is 40.0 Å². The van der Waals surface area contributed by atoms with E-state index in [1.165, 1.54) is 0 Å². The van der Waals surface area contributed by atoms with E-state index in [0.29, 0.717) is 19.8 Å². The van der Waals surface area contributed by atoms with Gasteiger partial charge in [0.2, 0.25) is 0 Å². The Hall–Kier alpha value is 0.707. The van der Waals surface area contributed by atoms with Crippen molar-refractivity contribution in [1.82, 2.24) is 0 Å². The predicted molar refractivity (Wildman–Crippen MR) is 75.9 cm³/mol. The molecule has 0 heterocycles. The van der Waals surface area contributed by atoms with Crippen LogP contribution in [0.4, 0.5) is 0 Å². The van der Waals surface area contributed by atoms with Gasteiger partial charge < -0.3 is 0 Å². The molecule has 0 saturated heterocycles. The molecule has 0 fully saturated rings. The summed E-state index contributed by atoms with van der Waals surface area (Å²) in [6, 6.07) is 0. The van der Waals surface area contributed by atoms with Crippen molar-refractivity contribution in [3.8, 4) is 0 Å². The van der Waals surface area contributed by atoms with E-state index in [2.05, 4.69) is 20.8 Å². The Morgan fingerprint density at radius 2 is 1.00 bits per heavy atom. The monoisotopic (exact) mass is 273 g/mol. The van der Waals surface area contributed by atoms with E-state index in [-0.39, 0.29) is 18.9 Å². The molecular weight excluding hydrogens is 246 g/mol. The Balaban J connectivity index is 0. The quantitative estimate of drug-likeness (QED) is 0.304. The van der Waals surface area contributed by atoms with E-state index < -0.39 is 7.82 Å². The second kappa shape index (κ2) is 14.1. The third kappa shape index (κ3) is 11.8. The van der Waals surface area contributed by atoms with E-state index >= 15 is 0 Å². The van der Waals surface area contributed by atoms with Crippen LogP contribution in [0.1, 0.15) is 59.3 Å². The van der Waals surface area contributed by atoms with Crippen LogP contribution in [0.5, 0.6) is 0 Å². The summed E-state index contributed by atoms with van der Waals surface area (Å²) in [6.07, 6.45) is 5.63. The fraction of sp³-hybridized carbons (Fsp3) is 1.00. The van der Waals surface area contributed by atoms with E-state index in [0.717, 1.165) is 38.5 Å². The molecule has 0 N–H and O–H groups in total. The normalized spacial score (nSPS) is 11.3. The molecule has 6 heteroatoms. The maximum atomic E-state index is 12.2. The number of hydrogen-bond donors (Lipinski definition) is 0. The zero-order valence-corrected chi connectivity index (χ0v) is 13.3. The average Bonchev–Trinajstić information content (AvgIpc) is 2.30. The van der Waals surface area contributed by atoms with E-state index in [1.807, 2.05) is 0 Å². The van der Waals surface area contributed by atoms with Gasteiger partial charge >= 0.3 is 7.82 Å². The Kier molecular flexibility index (Phi) is 16.5. The van der Waals surface area contributed by atoms with Gasteiger partial charge in [0.15, 0.2) is 0 Å². The number of phosphoric acid groups is 1. The van der Waals surface area contributed by atoms with Gasteiger partial charge in [0, 0.05) is 18.9 Å². The molecule has 1 radical (unpaired) electrons. The molecule has 0 amide bonds. The minimum absolute atomic E-state index is 0. The molecule has 0 atom stereocenters. The van der Waals surface area contributed by atoms with Crippen LogP contribution in [0.3, 0.4) is 0 Å². The van der Waals surface area contributed by atoms with Gasteiger partial charge in [0.05, 0.1) is 19.8 Å². The van der Waals surface area contributed by atoms with Crippen LogP contribution in [0.25, 0.3) is 0 Å². The summed E-state index contributed by atoms with van der Waals surface area (Å²) in [4.78, 5) is 0. The molecule has 0 aliphatic heterocycles.